The van der Waals surface area contributed by atoms with Crippen LogP contribution in [0.15, 0.2) is 72.8 Å². The first-order chi connectivity index (χ1) is 12.8. The highest BCUT2D eigenvalue weighted by Gasteiger charge is 2.02. The zero-order chi connectivity index (χ0) is 18.2. The van der Waals surface area contributed by atoms with Gasteiger partial charge in [-0.15, -0.1) is 0 Å². The second kappa shape index (κ2) is 8.81. The molecule has 0 spiro atoms. The lowest BCUT2D eigenvalue weighted by molar-refractivity contribution is 0.297. The molecule has 0 N–H and O–H groups in total. The Bertz CT molecular complexity index is 778. The first-order valence-electron chi connectivity index (χ1n) is 8.38. The Hall–Kier alpha value is -3.14. The summed E-state index contributed by atoms with van der Waals surface area (Å²) in [6.45, 7) is 0.973. The Morgan fingerprint density at radius 2 is 0.962 bits per heavy atom. The fraction of sp³-hybridized carbons (Fsp3) is 0.182. The molecule has 134 valence electrons. The summed E-state index contributed by atoms with van der Waals surface area (Å²) in [5, 5.41) is 0. The van der Waals surface area contributed by atoms with Crippen LogP contribution in [0.3, 0.4) is 0 Å². The molecule has 26 heavy (non-hydrogen) atoms. The molecule has 0 aromatic heterocycles. The van der Waals surface area contributed by atoms with Gasteiger partial charge in [-0.3, -0.25) is 0 Å². The molecule has 0 fully saturated rings. The molecule has 0 saturated carbocycles. The first kappa shape index (κ1) is 17.7. The van der Waals surface area contributed by atoms with Gasteiger partial charge < -0.3 is 18.9 Å². The van der Waals surface area contributed by atoms with Gasteiger partial charge in [0.15, 0.2) is 0 Å². The molecule has 0 bridgehead atoms. The van der Waals surface area contributed by atoms with Gasteiger partial charge >= 0.3 is 0 Å². The average molecular weight is 350 g/mol. The van der Waals surface area contributed by atoms with E-state index >= 15 is 0 Å². The number of methoxy groups -OCH3 is 2. The van der Waals surface area contributed by atoms with E-state index < -0.39 is 0 Å². The number of benzene rings is 3. The van der Waals surface area contributed by atoms with E-state index in [2.05, 4.69) is 6.07 Å². The van der Waals surface area contributed by atoms with E-state index in [1.165, 1.54) is 0 Å². The highest BCUT2D eigenvalue weighted by atomic mass is 16.5. The topological polar surface area (TPSA) is 36.9 Å². The number of rotatable bonds is 8. The van der Waals surface area contributed by atoms with Crippen LogP contribution in [0.4, 0.5) is 0 Å². The summed E-state index contributed by atoms with van der Waals surface area (Å²) >= 11 is 0. The molecule has 0 aliphatic heterocycles. The molecule has 0 saturated heterocycles. The molecule has 0 unspecified atom stereocenters. The van der Waals surface area contributed by atoms with Crippen LogP contribution < -0.4 is 18.9 Å². The normalized spacial score (nSPS) is 10.2. The van der Waals surface area contributed by atoms with Crippen LogP contribution in [0.1, 0.15) is 11.1 Å². The van der Waals surface area contributed by atoms with Gasteiger partial charge in [0.2, 0.25) is 0 Å². The molecule has 0 atom stereocenters. The SMILES string of the molecule is COc1cccc(OCc2cccc(COc3cccc(OC)c3)c2)c1. The Labute approximate surface area is 153 Å². The lowest BCUT2D eigenvalue weighted by atomic mass is 10.1. The summed E-state index contributed by atoms with van der Waals surface area (Å²) < 4.78 is 22.1. The Kier molecular flexibility index (Phi) is 5.99. The number of hydrogen-bond acceptors (Lipinski definition) is 4. The van der Waals surface area contributed by atoms with Crippen molar-refractivity contribution >= 4 is 0 Å². The summed E-state index contributed by atoms with van der Waals surface area (Å²) in [7, 11) is 3.29. The minimum atomic E-state index is 0.486. The van der Waals surface area contributed by atoms with E-state index in [0.717, 1.165) is 34.1 Å². The van der Waals surface area contributed by atoms with Crippen molar-refractivity contribution in [1.82, 2.24) is 0 Å². The summed E-state index contributed by atoms with van der Waals surface area (Å²) in [5.41, 5.74) is 2.17. The van der Waals surface area contributed by atoms with E-state index in [1.54, 1.807) is 14.2 Å². The third kappa shape index (κ3) is 4.93. The van der Waals surface area contributed by atoms with Crippen LogP contribution in [0.2, 0.25) is 0 Å². The second-order valence-corrected chi connectivity index (χ2v) is 5.76. The van der Waals surface area contributed by atoms with Crippen LogP contribution in [-0.2, 0) is 13.2 Å². The van der Waals surface area contributed by atoms with Crippen molar-refractivity contribution < 1.29 is 18.9 Å². The molecule has 3 rings (SSSR count). The fourth-order valence-electron chi connectivity index (χ4n) is 2.52. The van der Waals surface area contributed by atoms with Crippen LogP contribution in [0.25, 0.3) is 0 Å². The minimum Gasteiger partial charge on any atom is -0.497 e. The predicted molar refractivity (Wildman–Crippen MR) is 101 cm³/mol. The first-order valence-corrected chi connectivity index (χ1v) is 8.38. The smallest absolute Gasteiger partial charge is 0.123 e. The van der Waals surface area contributed by atoms with Crippen molar-refractivity contribution in [2.24, 2.45) is 0 Å². The van der Waals surface area contributed by atoms with Gasteiger partial charge in [-0.1, -0.05) is 30.3 Å². The summed E-state index contributed by atoms with van der Waals surface area (Å²) in [4.78, 5) is 0. The van der Waals surface area contributed by atoms with Gasteiger partial charge in [0.05, 0.1) is 14.2 Å². The van der Waals surface area contributed by atoms with Crippen LogP contribution in [0, 0.1) is 0 Å². The van der Waals surface area contributed by atoms with Crippen molar-refractivity contribution in [2.75, 3.05) is 14.2 Å². The molecular weight excluding hydrogens is 328 g/mol. The zero-order valence-corrected chi connectivity index (χ0v) is 15.0. The maximum absolute atomic E-state index is 5.85. The molecule has 3 aromatic carbocycles. The van der Waals surface area contributed by atoms with Gasteiger partial charge in [-0.25, -0.2) is 0 Å². The minimum absolute atomic E-state index is 0.486. The Morgan fingerprint density at radius 3 is 1.42 bits per heavy atom. The molecule has 4 heteroatoms. The van der Waals surface area contributed by atoms with Crippen molar-refractivity contribution in [1.29, 1.82) is 0 Å². The van der Waals surface area contributed by atoms with E-state index in [9.17, 15) is 0 Å². The molecule has 0 aliphatic carbocycles. The predicted octanol–water partition coefficient (Wildman–Crippen LogP) is 4.86. The summed E-state index contributed by atoms with van der Waals surface area (Å²) in [6.07, 6.45) is 0. The third-order valence-electron chi connectivity index (χ3n) is 3.88. The van der Waals surface area contributed by atoms with E-state index in [4.69, 9.17) is 18.9 Å². The van der Waals surface area contributed by atoms with Crippen molar-refractivity contribution in [3.05, 3.63) is 83.9 Å². The fourth-order valence-corrected chi connectivity index (χ4v) is 2.52. The van der Waals surface area contributed by atoms with Gasteiger partial charge in [-0.05, 0) is 41.5 Å². The highest BCUT2D eigenvalue weighted by Crippen LogP contribution is 2.21. The number of hydrogen-bond donors (Lipinski definition) is 0. The van der Waals surface area contributed by atoms with E-state index in [-0.39, 0.29) is 0 Å². The maximum Gasteiger partial charge on any atom is 0.123 e. The third-order valence-corrected chi connectivity index (χ3v) is 3.88. The van der Waals surface area contributed by atoms with Gasteiger partial charge in [0, 0.05) is 12.1 Å². The monoisotopic (exact) mass is 350 g/mol. The second-order valence-electron chi connectivity index (χ2n) is 5.76. The molecule has 0 heterocycles. The lowest BCUT2D eigenvalue weighted by Gasteiger charge is -2.10. The average Bonchev–Trinajstić information content (AvgIpc) is 2.71. The highest BCUT2D eigenvalue weighted by molar-refractivity contribution is 5.34. The van der Waals surface area contributed by atoms with Gasteiger partial charge in [0.25, 0.3) is 0 Å². The molecule has 0 radical (unpaired) electrons. The lowest BCUT2D eigenvalue weighted by Crippen LogP contribution is -1.99. The molecule has 0 aliphatic rings. The molecule has 0 amide bonds. The zero-order valence-electron chi connectivity index (χ0n) is 15.0. The standard InChI is InChI=1S/C22H22O4/c1-23-19-8-4-10-21(13-19)25-15-17-6-3-7-18(12-17)16-26-22-11-5-9-20(14-22)24-2/h3-14H,15-16H2,1-2H3. The van der Waals surface area contributed by atoms with Gasteiger partial charge in [0.1, 0.15) is 36.2 Å². The maximum atomic E-state index is 5.85. The van der Waals surface area contributed by atoms with Crippen molar-refractivity contribution in [3.8, 4) is 23.0 Å². The quantitative estimate of drug-likeness (QED) is 0.581. The van der Waals surface area contributed by atoms with Crippen molar-refractivity contribution in [2.45, 2.75) is 13.2 Å². The summed E-state index contributed by atoms with van der Waals surface area (Å²) in [6, 6.07) is 23.3. The molecular formula is C22H22O4. The van der Waals surface area contributed by atoms with Crippen molar-refractivity contribution in [3.63, 3.8) is 0 Å². The molecule has 4 nitrogen and oxygen atoms in total. The molecule has 3 aromatic rings. The van der Waals surface area contributed by atoms with Crippen LogP contribution >= 0.6 is 0 Å². The van der Waals surface area contributed by atoms with Gasteiger partial charge in [-0.2, -0.15) is 0 Å². The number of ether oxygens (including phenoxy) is 4. The Balaban J connectivity index is 1.58. The van der Waals surface area contributed by atoms with Crippen LogP contribution in [-0.4, -0.2) is 14.2 Å². The van der Waals surface area contributed by atoms with E-state index in [0.29, 0.717) is 13.2 Å². The Morgan fingerprint density at radius 1 is 0.538 bits per heavy atom. The summed E-state index contributed by atoms with van der Waals surface area (Å²) in [5.74, 6) is 3.12. The van der Waals surface area contributed by atoms with E-state index in [1.807, 2.05) is 66.7 Å². The van der Waals surface area contributed by atoms with Crippen LogP contribution in [0.5, 0.6) is 23.0 Å². The largest absolute Gasteiger partial charge is 0.497 e.